The maximum atomic E-state index is 12.5. The molecule has 0 aromatic carbocycles. The molecule has 2 heteroatoms. The van der Waals surface area contributed by atoms with Gasteiger partial charge in [0.2, 0.25) is 0 Å². The zero-order valence-corrected chi connectivity index (χ0v) is 12.1. The summed E-state index contributed by atoms with van der Waals surface area (Å²) >= 11 is 0. The van der Waals surface area contributed by atoms with Crippen molar-refractivity contribution in [3.63, 3.8) is 0 Å². The Hall–Kier alpha value is -1.18. The normalized spacial score (nSPS) is 38.1. The molecule has 1 aromatic rings. The highest BCUT2D eigenvalue weighted by Crippen LogP contribution is 2.61. The molecule has 0 saturated heterocycles. The van der Waals surface area contributed by atoms with E-state index in [1.54, 1.807) is 6.20 Å². The Morgan fingerprint density at radius 3 is 2.30 bits per heavy atom. The minimum Gasteiger partial charge on any atom is -0.299 e. The molecule has 4 bridgehead atoms. The lowest BCUT2D eigenvalue weighted by atomic mass is 9.48. The number of carbonyl (C=O) groups excluding carboxylic acids is 1. The van der Waals surface area contributed by atoms with Crippen molar-refractivity contribution in [1.82, 2.24) is 4.98 Å². The van der Waals surface area contributed by atoms with Gasteiger partial charge < -0.3 is 0 Å². The summed E-state index contributed by atoms with van der Waals surface area (Å²) in [5, 5.41) is 0. The SMILES string of the molecule is O=C(Cc1ccccn1)CC12CC3CC(CC(C3)C1)C2. The Balaban J connectivity index is 1.45. The number of hydrogen-bond donors (Lipinski definition) is 0. The lowest BCUT2D eigenvalue weighted by Gasteiger charge is -2.56. The summed E-state index contributed by atoms with van der Waals surface area (Å²) in [6.45, 7) is 0. The smallest absolute Gasteiger partial charge is 0.139 e. The van der Waals surface area contributed by atoms with E-state index in [0.717, 1.165) is 29.9 Å². The van der Waals surface area contributed by atoms with Gasteiger partial charge in [-0.15, -0.1) is 0 Å². The van der Waals surface area contributed by atoms with Gasteiger partial charge in [-0.25, -0.2) is 0 Å². The standard InChI is InChI=1S/C18H23NO/c20-17(8-16-3-1-2-4-19-16)12-18-9-13-5-14(10-18)7-15(6-13)11-18/h1-4,13-15H,5-12H2. The van der Waals surface area contributed by atoms with Crippen LogP contribution in [-0.4, -0.2) is 10.8 Å². The molecule has 4 aliphatic rings. The Kier molecular flexibility index (Phi) is 2.94. The molecule has 1 aromatic heterocycles. The molecule has 0 amide bonds. The van der Waals surface area contributed by atoms with Crippen LogP contribution in [0, 0.1) is 23.2 Å². The molecule has 0 spiro atoms. The first-order valence-corrected chi connectivity index (χ1v) is 8.12. The van der Waals surface area contributed by atoms with Gasteiger partial charge in [0, 0.05) is 24.7 Å². The van der Waals surface area contributed by atoms with Crippen LogP contribution in [0.5, 0.6) is 0 Å². The van der Waals surface area contributed by atoms with Crippen molar-refractivity contribution in [2.75, 3.05) is 0 Å². The third-order valence-electron chi connectivity index (χ3n) is 5.84. The fourth-order valence-corrected chi connectivity index (χ4v) is 5.69. The van der Waals surface area contributed by atoms with Crippen LogP contribution in [0.3, 0.4) is 0 Å². The summed E-state index contributed by atoms with van der Waals surface area (Å²) in [6.07, 6.45) is 11.5. The van der Waals surface area contributed by atoms with E-state index in [-0.39, 0.29) is 0 Å². The van der Waals surface area contributed by atoms with Crippen LogP contribution in [-0.2, 0) is 11.2 Å². The van der Waals surface area contributed by atoms with Gasteiger partial charge in [-0.2, -0.15) is 0 Å². The molecule has 0 radical (unpaired) electrons. The topological polar surface area (TPSA) is 30.0 Å². The molecular formula is C18H23NO. The molecule has 0 aliphatic heterocycles. The van der Waals surface area contributed by atoms with Gasteiger partial charge in [-0.3, -0.25) is 9.78 Å². The quantitative estimate of drug-likeness (QED) is 0.832. The van der Waals surface area contributed by atoms with Crippen LogP contribution >= 0.6 is 0 Å². The second kappa shape index (κ2) is 4.68. The molecule has 2 nitrogen and oxygen atoms in total. The van der Waals surface area contributed by atoms with E-state index in [9.17, 15) is 4.79 Å². The number of nitrogens with zero attached hydrogens (tertiary/aromatic N) is 1. The second-order valence-corrected chi connectivity index (χ2v) is 7.63. The Labute approximate surface area is 121 Å². The molecule has 4 aliphatic carbocycles. The number of ketones is 1. The third-order valence-corrected chi connectivity index (χ3v) is 5.84. The first-order chi connectivity index (χ1) is 9.71. The van der Waals surface area contributed by atoms with Crippen LogP contribution in [0.25, 0.3) is 0 Å². The Morgan fingerprint density at radius 1 is 1.10 bits per heavy atom. The van der Waals surface area contributed by atoms with Gasteiger partial charge >= 0.3 is 0 Å². The number of aromatic nitrogens is 1. The fraction of sp³-hybridized carbons (Fsp3) is 0.667. The lowest BCUT2D eigenvalue weighted by molar-refractivity contribution is -0.126. The minimum atomic E-state index is 0.376. The first kappa shape index (κ1) is 12.6. The van der Waals surface area contributed by atoms with Crippen LogP contribution in [0.1, 0.15) is 50.6 Å². The third kappa shape index (κ3) is 2.30. The van der Waals surface area contributed by atoms with Crippen molar-refractivity contribution >= 4 is 5.78 Å². The van der Waals surface area contributed by atoms with Crippen molar-refractivity contribution < 1.29 is 4.79 Å². The molecule has 0 N–H and O–H groups in total. The van der Waals surface area contributed by atoms with Gasteiger partial charge in [0.1, 0.15) is 5.78 Å². The summed E-state index contributed by atoms with van der Waals surface area (Å²) in [5.41, 5.74) is 1.31. The summed E-state index contributed by atoms with van der Waals surface area (Å²) in [7, 11) is 0. The molecule has 4 fully saturated rings. The van der Waals surface area contributed by atoms with Crippen molar-refractivity contribution in [3.8, 4) is 0 Å². The predicted octanol–water partition coefficient (Wildman–Crippen LogP) is 3.80. The van der Waals surface area contributed by atoms with Gasteiger partial charge in [-0.05, 0) is 73.8 Å². The lowest BCUT2D eigenvalue weighted by Crippen LogP contribution is -2.47. The first-order valence-electron chi connectivity index (χ1n) is 8.12. The zero-order valence-electron chi connectivity index (χ0n) is 12.1. The van der Waals surface area contributed by atoms with Crippen LogP contribution < -0.4 is 0 Å². The average Bonchev–Trinajstić information content (AvgIpc) is 2.37. The van der Waals surface area contributed by atoms with Gasteiger partial charge in [0.15, 0.2) is 0 Å². The van der Waals surface area contributed by atoms with Crippen LogP contribution in [0.2, 0.25) is 0 Å². The number of hydrogen-bond acceptors (Lipinski definition) is 2. The molecule has 5 rings (SSSR count). The van der Waals surface area contributed by atoms with E-state index in [0.29, 0.717) is 17.6 Å². The highest BCUT2D eigenvalue weighted by atomic mass is 16.1. The number of carbonyl (C=O) groups is 1. The van der Waals surface area contributed by atoms with Crippen LogP contribution in [0.4, 0.5) is 0 Å². The van der Waals surface area contributed by atoms with E-state index >= 15 is 0 Å². The van der Waals surface area contributed by atoms with E-state index in [1.165, 1.54) is 38.5 Å². The van der Waals surface area contributed by atoms with Gasteiger partial charge in [-0.1, -0.05) is 6.07 Å². The van der Waals surface area contributed by atoms with Crippen molar-refractivity contribution in [3.05, 3.63) is 30.1 Å². The van der Waals surface area contributed by atoms with E-state index in [2.05, 4.69) is 4.98 Å². The second-order valence-electron chi connectivity index (χ2n) is 7.63. The maximum Gasteiger partial charge on any atom is 0.139 e. The molecule has 0 unspecified atom stereocenters. The van der Waals surface area contributed by atoms with Crippen molar-refractivity contribution in [2.45, 2.75) is 51.4 Å². The Morgan fingerprint density at radius 2 is 1.75 bits per heavy atom. The predicted molar refractivity (Wildman–Crippen MR) is 78.2 cm³/mol. The minimum absolute atomic E-state index is 0.376. The summed E-state index contributed by atoms with van der Waals surface area (Å²) < 4.78 is 0. The summed E-state index contributed by atoms with van der Waals surface area (Å²) in [6, 6.07) is 5.85. The number of pyridine rings is 1. The molecule has 4 saturated carbocycles. The largest absolute Gasteiger partial charge is 0.299 e. The van der Waals surface area contributed by atoms with E-state index < -0.39 is 0 Å². The molecule has 106 valence electrons. The van der Waals surface area contributed by atoms with Crippen molar-refractivity contribution in [2.24, 2.45) is 23.2 Å². The highest BCUT2D eigenvalue weighted by Gasteiger charge is 2.51. The molecule has 1 heterocycles. The van der Waals surface area contributed by atoms with Crippen molar-refractivity contribution in [1.29, 1.82) is 0 Å². The molecular weight excluding hydrogens is 246 g/mol. The summed E-state index contributed by atoms with van der Waals surface area (Å²) in [4.78, 5) is 16.7. The fourth-order valence-electron chi connectivity index (χ4n) is 5.69. The highest BCUT2D eigenvalue weighted by molar-refractivity contribution is 5.81. The van der Waals surface area contributed by atoms with Gasteiger partial charge in [0.05, 0.1) is 0 Å². The number of Topliss-reactive ketones (excluding diaryl/α,β-unsaturated/α-hetero) is 1. The maximum absolute atomic E-state index is 12.5. The average molecular weight is 269 g/mol. The monoisotopic (exact) mass is 269 g/mol. The van der Waals surface area contributed by atoms with E-state index in [4.69, 9.17) is 0 Å². The summed E-state index contributed by atoms with van der Waals surface area (Å²) in [5.74, 6) is 3.21. The molecule has 20 heavy (non-hydrogen) atoms. The Bertz CT molecular complexity index is 472. The van der Waals surface area contributed by atoms with E-state index in [1.807, 2.05) is 18.2 Å². The zero-order chi connectivity index (χ0) is 13.6. The number of rotatable bonds is 4. The molecule has 0 atom stereocenters. The van der Waals surface area contributed by atoms with Crippen LogP contribution in [0.15, 0.2) is 24.4 Å². The van der Waals surface area contributed by atoms with Gasteiger partial charge in [0.25, 0.3) is 0 Å².